The maximum atomic E-state index is 13.0. The highest BCUT2D eigenvalue weighted by Crippen LogP contribution is 2.55. The molecule has 0 aliphatic heterocycles. The third kappa shape index (κ3) is 3.93. The first-order chi connectivity index (χ1) is 13.4. The fraction of sp³-hybridized carbons (Fsp3) is 0.800. The van der Waals surface area contributed by atoms with Gasteiger partial charge in [0.2, 0.25) is 11.8 Å². The second-order valence-electron chi connectivity index (χ2n) is 9.06. The summed E-state index contributed by atoms with van der Waals surface area (Å²) in [6, 6.07) is 0. The molecule has 0 aromatic carbocycles. The lowest BCUT2D eigenvalue weighted by Gasteiger charge is -2.57. The van der Waals surface area contributed by atoms with E-state index in [1.54, 1.807) is 0 Å². The molecule has 0 saturated heterocycles. The number of carbonyl (C=O) groups excluding carboxylic acids is 2. The first-order valence-electron chi connectivity index (χ1n) is 10.6. The van der Waals surface area contributed by atoms with E-state index in [-0.39, 0.29) is 29.0 Å². The normalized spacial score (nSPS) is 31.7. The molecule has 0 spiro atoms. The van der Waals surface area contributed by atoms with Crippen LogP contribution in [-0.2, 0) is 22.6 Å². The number of hydrogen-bond acceptors (Lipinski definition) is 5. The van der Waals surface area contributed by atoms with Gasteiger partial charge < -0.3 is 15.6 Å². The highest BCUT2D eigenvalue weighted by atomic mass is 32.2. The molecule has 4 saturated carbocycles. The van der Waals surface area contributed by atoms with Gasteiger partial charge in [0, 0.05) is 24.9 Å². The van der Waals surface area contributed by atoms with Gasteiger partial charge in [-0.15, -0.1) is 10.2 Å². The monoisotopic (exact) mass is 405 g/mol. The topological polar surface area (TPSA) is 103 Å². The molecule has 4 aliphatic carbocycles. The van der Waals surface area contributed by atoms with Crippen LogP contribution in [0.5, 0.6) is 0 Å². The van der Waals surface area contributed by atoms with E-state index >= 15 is 0 Å². The van der Waals surface area contributed by atoms with Gasteiger partial charge in [0.15, 0.2) is 5.16 Å². The van der Waals surface area contributed by atoms with Gasteiger partial charge in [0.25, 0.3) is 0 Å². The predicted octanol–water partition coefficient (Wildman–Crippen LogP) is 2.28. The van der Waals surface area contributed by atoms with Crippen LogP contribution in [-0.4, -0.2) is 37.4 Å². The number of hydrogen-bond donors (Lipinski definition) is 2. The summed E-state index contributed by atoms with van der Waals surface area (Å²) in [6.45, 7) is 4.66. The van der Waals surface area contributed by atoms with Crippen molar-refractivity contribution in [2.45, 2.75) is 87.7 Å². The van der Waals surface area contributed by atoms with Crippen LogP contribution in [0.3, 0.4) is 0 Å². The molecule has 4 aliphatic rings. The van der Waals surface area contributed by atoms with E-state index in [9.17, 15) is 9.59 Å². The van der Waals surface area contributed by atoms with E-state index in [0.717, 1.165) is 48.0 Å². The van der Waals surface area contributed by atoms with Crippen molar-refractivity contribution in [1.82, 2.24) is 20.1 Å². The van der Waals surface area contributed by atoms with Gasteiger partial charge in [0.05, 0.1) is 5.25 Å². The van der Waals surface area contributed by atoms with Gasteiger partial charge in [0.1, 0.15) is 5.82 Å². The third-order valence-electron chi connectivity index (χ3n) is 6.78. The van der Waals surface area contributed by atoms with E-state index in [2.05, 4.69) is 15.5 Å². The second kappa shape index (κ2) is 7.69. The lowest BCUT2D eigenvalue weighted by Crippen LogP contribution is -2.60. The van der Waals surface area contributed by atoms with Crippen LogP contribution in [0.25, 0.3) is 0 Å². The zero-order valence-corrected chi connectivity index (χ0v) is 17.6. The molecule has 5 rings (SSSR count). The van der Waals surface area contributed by atoms with Crippen molar-refractivity contribution < 1.29 is 9.59 Å². The van der Waals surface area contributed by atoms with E-state index in [1.165, 1.54) is 31.0 Å². The molecule has 0 radical (unpaired) electrons. The highest BCUT2D eigenvalue weighted by Gasteiger charge is 2.51. The standard InChI is InChI=1S/C20H31N5O2S/c1-3-25-17(5-4-16(21)26)23-24-19(25)28-12(2)18(27)22-20-9-13-6-14(10-20)8-15(7-13)11-20/h12-15H,3-11H2,1-2H3,(H2,21,26)(H,22,27)/t12-,13?,14?,15?,20?/m1/s1. The van der Waals surface area contributed by atoms with Gasteiger partial charge in [-0.1, -0.05) is 11.8 Å². The average molecular weight is 406 g/mol. The Balaban J connectivity index is 1.39. The number of nitrogens with one attached hydrogen (secondary N) is 1. The fourth-order valence-corrected chi connectivity index (χ4v) is 6.91. The Morgan fingerprint density at radius 3 is 2.36 bits per heavy atom. The van der Waals surface area contributed by atoms with E-state index in [1.807, 2.05) is 18.4 Å². The molecule has 0 unspecified atom stereocenters. The Kier molecular flexibility index (Phi) is 5.42. The molecule has 4 fully saturated rings. The minimum atomic E-state index is -0.344. The van der Waals surface area contributed by atoms with Crippen molar-refractivity contribution in [1.29, 1.82) is 0 Å². The first-order valence-corrected chi connectivity index (χ1v) is 11.4. The molecule has 1 heterocycles. The van der Waals surface area contributed by atoms with E-state index in [0.29, 0.717) is 13.0 Å². The molecule has 3 N–H and O–H groups in total. The van der Waals surface area contributed by atoms with Crippen molar-refractivity contribution in [2.24, 2.45) is 23.5 Å². The summed E-state index contributed by atoms with van der Waals surface area (Å²) in [5, 5.41) is 12.4. The summed E-state index contributed by atoms with van der Waals surface area (Å²) in [7, 11) is 0. The van der Waals surface area contributed by atoms with Gasteiger partial charge in [-0.3, -0.25) is 9.59 Å². The van der Waals surface area contributed by atoms with Crippen molar-refractivity contribution >= 4 is 23.6 Å². The van der Waals surface area contributed by atoms with Gasteiger partial charge >= 0.3 is 0 Å². The number of aryl methyl sites for hydroxylation is 1. The van der Waals surface area contributed by atoms with E-state index in [4.69, 9.17) is 5.73 Å². The average Bonchev–Trinajstić information content (AvgIpc) is 2.99. The number of carbonyl (C=O) groups is 2. The fourth-order valence-electron chi connectivity index (χ4n) is 5.98. The maximum Gasteiger partial charge on any atom is 0.233 e. The molecule has 4 bridgehead atoms. The summed E-state index contributed by atoms with van der Waals surface area (Å²) in [5.41, 5.74) is 5.28. The molecule has 2 amide bonds. The van der Waals surface area contributed by atoms with Gasteiger partial charge in [-0.25, -0.2) is 0 Å². The number of rotatable bonds is 8. The summed E-state index contributed by atoms with van der Waals surface area (Å²) in [5.74, 6) is 2.94. The molecule has 1 atom stereocenters. The van der Waals surface area contributed by atoms with Crippen molar-refractivity contribution in [2.75, 3.05) is 0 Å². The van der Waals surface area contributed by atoms with Crippen LogP contribution in [0, 0.1) is 17.8 Å². The first kappa shape index (κ1) is 19.7. The number of aromatic nitrogens is 3. The SMILES string of the molecule is CCn1c(CCC(N)=O)nnc1S[C@H](C)C(=O)NC12CC3CC(CC(C3)C1)C2. The number of thioether (sulfide) groups is 1. The van der Waals surface area contributed by atoms with Crippen molar-refractivity contribution in [3.63, 3.8) is 0 Å². The van der Waals surface area contributed by atoms with Crippen LogP contribution in [0.2, 0.25) is 0 Å². The van der Waals surface area contributed by atoms with Gasteiger partial charge in [-0.2, -0.15) is 0 Å². The molecule has 1 aromatic rings. The lowest BCUT2D eigenvalue weighted by atomic mass is 9.53. The van der Waals surface area contributed by atoms with Crippen LogP contribution in [0.1, 0.15) is 64.6 Å². The quantitative estimate of drug-likeness (QED) is 0.646. The summed E-state index contributed by atoms with van der Waals surface area (Å²) in [6.07, 6.45) is 8.31. The zero-order chi connectivity index (χ0) is 19.9. The van der Waals surface area contributed by atoms with Crippen LogP contribution in [0.15, 0.2) is 5.16 Å². The smallest absolute Gasteiger partial charge is 0.233 e. The Hall–Kier alpha value is -1.57. The summed E-state index contributed by atoms with van der Waals surface area (Å²) in [4.78, 5) is 24.1. The van der Waals surface area contributed by atoms with Crippen LogP contribution in [0.4, 0.5) is 0 Å². The second-order valence-corrected chi connectivity index (χ2v) is 10.4. The molecule has 1 aromatic heterocycles. The Labute approximate surface area is 170 Å². The van der Waals surface area contributed by atoms with Crippen molar-refractivity contribution in [3.05, 3.63) is 5.82 Å². The Bertz CT molecular complexity index is 726. The van der Waals surface area contributed by atoms with Crippen LogP contribution < -0.4 is 11.1 Å². The molecule has 28 heavy (non-hydrogen) atoms. The largest absolute Gasteiger partial charge is 0.370 e. The minimum Gasteiger partial charge on any atom is -0.370 e. The number of nitrogens with zero attached hydrogens (tertiary/aromatic N) is 3. The Morgan fingerprint density at radius 1 is 1.21 bits per heavy atom. The molecule has 7 nitrogen and oxygen atoms in total. The number of nitrogens with two attached hydrogens (primary N) is 1. The minimum absolute atomic E-state index is 0.0335. The van der Waals surface area contributed by atoms with Crippen LogP contribution >= 0.6 is 11.8 Å². The highest BCUT2D eigenvalue weighted by molar-refractivity contribution is 8.00. The molecular weight excluding hydrogens is 374 g/mol. The maximum absolute atomic E-state index is 13.0. The molecule has 8 heteroatoms. The number of amides is 2. The zero-order valence-electron chi connectivity index (χ0n) is 16.8. The summed E-state index contributed by atoms with van der Waals surface area (Å²) >= 11 is 1.45. The van der Waals surface area contributed by atoms with Gasteiger partial charge in [-0.05, 0) is 70.1 Å². The third-order valence-corrected chi connectivity index (χ3v) is 7.86. The summed E-state index contributed by atoms with van der Waals surface area (Å²) < 4.78 is 1.97. The Morgan fingerprint density at radius 2 is 1.82 bits per heavy atom. The molecular formula is C20H31N5O2S. The van der Waals surface area contributed by atoms with Crippen molar-refractivity contribution in [3.8, 4) is 0 Å². The number of primary amides is 1. The molecule has 154 valence electrons. The lowest BCUT2D eigenvalue weighted by molar-refractivity contribution is -0.126. The predicted molar refractivity (Wildman–Crippen MR) is 108 cm³/mol. The van der Waals surface area contributed by atoms with E-state index < -0.39 is 0 Å².